The van der Waals surface area contributed by atoms with Gasteiger partial charge in [0.1, 0.15) is 11.5 Å². The van der Waals surface area contributed by atoms with Crippen LogP contribution in [0.25, 0.3) is 0 Å². The topological polar surface area (TPSA) is 78.4 Å². The second-order valence-electron chi connectivity index (χ2n) is 6.13. The van der Waals surface area contributed by atoms with Crippen LogP contribution in [0.5, 0.6) is 0 Å². The van der Waals surface area contributed by atoms with Gasteiger partial charge in [-0.25, -0.2) is 14.4 Å². The van der Waals surface area contributed by atoms with Crippen LogP contribution >= 0.6 is 0 Å². The Kier molecular flexibility index (Phi) is 5.40. The van der Waals surface area contributed by atoms with Crippen molar-refractivity contribution in [1.82, 2.24) is 20.2 Å². The molecule has 1 N–H and O–H groups in total. The minimum Gasteiger partial charge on any atom is -0.347 e. The lowest BCUT2D eigenvalue weighted by Crippen LogP contribution is -2.46. The third-order valence-electron chi connectivity index (χ3n) is 4.19. The number of nitrogens with one attached hydrogen (secondary N) is 1. The summed E-state index contributed by atoms with van der Waals surface area (Å²) in [6.07, 6.45) is 0.836. The summed E-state index contributed by atoms with van der Waals surface area (Å²) in [6, 6.07) is 7.59. The van der Waals surface area contributed by atoms with E-state index in [1.165, 1.54) is 12.1 Å². The molecule has 7 nitrogen and oxygen atoms in total. The second kappa shape index (κ2) is 7.90. The number of halogens is 1. The fraction of sp³-hybridized carbons (Fsp3) is 0.333. The number of benzene rings is 1. The number of rotatable bonds is 5. The molecule has 0 bridgehead atoms. The number of aromatic nitrogens is 2. The van der Waals surface area contributed by atoms with E-state index in [0.717, 1.165) is 12.0 Å². The molecule has 2 aromatic rings. The zero-order chi connectivity index (χ0) is 18.5. The maximum Gasteiger partial charge on any atom is 0.270 e. The van der Waals surface area contributed by atoms with Gasteiger partial charge in [-0.05, 0) is 30.7 Å². The van der Waals surface area contributed by atoms with Gasteiger partial charge in [0.25, 0.3) is 5.91 Å². The van der Waals surface area contributed by atoms with E-state index in [-0.39, 0.29) is 24.0 Å². The first kappa shape index (κ1) is 17.8. The third-order valence-corrected chi connectivity index (χ3v) is 4.19. The van der Waals surface area contributed by atoms with E-state index in [2.05, 4.69) is 15.3 Å². The van der Waals surface area contributed by atoms with Crippen molar-refractivity contribution in [3.8, 4) is 0 Å². The second-order valence-corrected chi connectivity index (χ2v) is 6.13. The van der Waals surface area contributed by atoms with Crippen LogP contribution in [-0.4, -0.2) is 53.4 Å². The number of anilines is 1. The summed E-state index contributed by atoms with van der Waals surface area (Å²) in [5.41, 5.74) is 1.78. The number of nitrogens with zero attached hydrogens (tertiary/aromatic N) is 4. The van der Waals surface area contributed by atoms with Crippen molar-refractivity contribution >= 4 is 18.3 Å². The zero-order valence-corrected chi connectivity index (χ0v) is 14.5. The van der Waals surface area contributed by atoms with Crippen molar-refractivity contribution in [2.24, 2.45) is 0 Å². The summed E-state index contributed by atoms with van der Waals surface area (Å²) in [7, 11) is 0. The standard InChI is InChI=1S/C18H20FN5O2/c1-13-10-16(17(26)20-11-14-2-4-15(19)5-3-14)22-18(21-13)24-8-6-23(12-25)7-9-24/h2-5,10,12H,6-9,11H2,1H3,(H,20,26). The molecule has 26 heavy (non-hydrogen) atoms. The summed E-state index contributed by atoms with van der Waals surface area (Å²) in [4.78, 5) is 35.7. The highest BCUT2D eigenvalue weighted by Gasteiger charge is 2.20. The van der Waals surface area contributed by atoms with Crippen molar-refractivity contribution in [2.45, 2.75) is 13.5 Å². The number of piperazine rings is 1. The lowest BCUT2D eigenvalue weighted by atomic mass is 10.2. The summed E-state index contributed by atoms with van der Waals surface area (Å²) in [6.45, 7) is 4.55. The van der Waals surface area contributed by atoms with Gasteiger partial charge < -0.3 is 15.1 Å². The Bertz CT molecular complexity index is 789. The van der Waals surface area contributed by atoms with Gasteiger partial charge in [-0.15, -0.1) is 0 Å². The number of amides is 2. The van der Waals surface area contributed by atoms with Gasteiger partial charge in [0.05, 0.1) is 0 Å². The van der Waals surface area contributed by atoms with E-state index in [1.807, 2.05) is 11.8 Å². The molecule has 0 radical (unpaired) electrons. The SMILES string of the molecule is Cc1cc(C(=O)NCc2ccc(F)cc2)nc(N2CCN(C=O)CC2)n1. The molecule has 0 spiro atoms. The fourth-order valence-corrected chi connectivity index (χ4v) is 2.71. The lowest BCUT2D eigenvalue weighted by Gasteiger charge is -2.32. The molecule has 1 aliphatic heterocycles. The number of carbonyl (C=O) groups excluding carboxylic acids is 2. The van der Waals surface area contributed by atoms with Gasteiger partial charge in [0, 0.05) is 38.4 Å². The Labute approximate surface area is 150 Å². The summed E-state index contributed by atoms with van der Waals surface area (Å²) in [5.74, 6) is -0.138. The van der Waals surface area contributed by atoms with Gasteiger partial charge in [-0.3, -0.25) is 9.59 Å². The lowest BCUT2D eigenvalue weighted by molar-refractivity contribution is -0.118. The van der Waals surface area contributed by atoms with E-state index < -0.39 is 0 Å². The van der Waals surface area contributed by atoms with Crippen molar-refractivity contribution < 1.29 is 14.0 Å². The summed E-state index contributed by atoms with van der Waals surface area (Å²) in [5, 5.41) is 2.78. The molecule has 0 atom stereocenters. The molecule has 1 aliphatic rings. The van der Waals surface area contributed by atoms with Crippen molar-refractivity contribution in [3.05, 3.63) is 53.1 Å². The Balaban J connectivity index is 1.67. The molecular formula is C18H20FN5O2. The van der Waals surface area contributed by atoms with Crippen LogP contribution in [0.1, 0.15) is 21.7 Å². The third kappa shape index (κ3) is 4.33. The van der Waals surface area contributed by atoms with Gasteiger partial charge >= 0.3 is 0 Å². The molecule has 0 unspecified atom stereocenters. The number of aryl methyl sites for hydroxylation is 1. The predicted molar refractivity (Wildman–Crippen MR) is 94.2 cm³/mol. The normalized spacial score (nSPS) is 14.2. The largest absolute Gasteiger partial charge is 0.347 e. The molecule has 136 valence electrons. The molecule has 2 heterocycles. The molecule has 3 rings (SSSR count). The van der Waals surface area contributed by atoms with Crippen molar-refractivity contribution in [1.29, 1.82) is 0 Å². The van der Waals surface area contributed by atoms with Gasteiger partial charge in [-0.1, -0.05) is 12.1 Å². The van der Waals surface area contributed by atoms with Crippen LogP contribution in [0.15, 0.2) is 30.3 Å². The van der Waals surface area contributed by atoms with Crippen LogP contribution in [0.4, 0.5) is 10.3 Å². The van der Waals surface area contributed by atoms with Crippen LogP contribution in [0, 0.1) is 12.7 Å². The number of carbonyl (C=O) groups is 2. The Hall–Kier alpha value is -3.03. The Morgan fingerprint density at radius 3 is 2.54 bits per heavy atom. The summed E-state index contributed by atoms with van der Waals surface area (Å²) >= 11 is 0. The average molecular weight is 357 g/mol. The molecule has 0 saturated carbocycles. The zero-order valence-electron chi connectivity index (χ0n) is 14.5. The Morgan fingerprint density at radius 2 is 1.88 bits per heavy atom. The monoisotopic (exact) mass is 357 g/mol. The number of hydrogen-bond acceptors (Lipinski definition) is 5. The van der Waals surface area contributed by atoms with E-state index in [1.54, 1.807) is 23.1 Å². The van der Waals surface area contributed by atoms with E-state index in [0.29, 0.717) is 37.8 Å². The molecule has 1 aromatic carbocycles. The highest BCUT2D eigenvalue weighted by atomic mass is 19.1. The molecule has 0 aliphatic carbocycles. The predicted octanol–water partition coefficient (Wildman–Crippen LogP) is 1.13. The van der Waals surface area contributed by atoms with Gasteiger partial charge in [0.2, 0.25) is 12.4 Å². The first-order valence-corrected chi connectivity index (χ1v) is 8.38. The van der Waals surface area contributed by atoms with Gasteiger partial charge in [-0.2, -0.15) is 0 Å². The van der Waals surface area contributed by atoms with E-state index in [9.17, 15) is 14.0 Å². The van der Waals surface area contributed by atoms with E-state index in [4.69, 9.17) is 0 Å². The van der Waals surface area contributed by atoms with Crippen LogP contribution in [0.2, 0.25) is 0 Å². The average Bonchev–Trinajstić information content (AvgIpc) is 2.67. The molecule has 2 amide bonds. The van der Waals surface area contributed by atoms with Crippen molar-refractivity contribution in [2.75, 3.05) is 31.1 Å². The minimum atomic E-state index is -0.314. The molecule has 1 saturated heterocycles. The maximum absolute atomic E-state index is 12.9. The van der Waals surface area contributed by atoms with Crippen LogP contribution in [0.3, 0.4) is 0 Å². The maximum atomic E-state index is 12.9. The highest BCUT2D eigenvalue weighted by Crippen LogP contribution is 2.13. The van der Waals surface area contributed by atoms with Crippen molar-refractivity contribution in [3.63, 3.8) is 0 Å². The molecule has 1 aromatic heterocycles. The highest BCUT2D eigenvalue weighted by molar-refractivity contribution is 5.92. The minimum absolute atomic E-state index is 0.285. The van der Waals surface area contributed by atoms with Crippen LogP contribution in [-0.2, 0) is 11.3 Å². The molecular weight excluding hydrogens is 337 g/mol. The van der Waals surface area contributed by atoms with Crippen LogP contribution < -0.4 is 10.2 Å². The Morgan fingerprint density at radius 1 is 1.19 bits per heavy atom. The first-order valence-electron chi connectivity index (χ1n) is 8.38. The quantitative estimate of drug-likeness (QED) is 0.812. The smallest absolute Gasteiger partial charge is 0.270 e. The van der Waals surface area contributed by atoms with Gasteiger partial charge in [0.15, 0.2) is 0 Å². The summed E-state index contributed by atoms with van der Waals surface area (Å²) < 4.78 is 12.9. The van der Waals surface area contributed by atoms with E-state index >= 15 is 0 Å². The molecule has 8 heteroatoms. The first-order chi connectivity index (χ1) is 12.5. The number of hydrogen-bond donors (Lipinski definition) is 1. The fourth-order valence-electron chi connectivity index (χ4n) is 2.71. The molecule has 1 fully saturated rings.